The molecule has 0 saturated heterocycles. The van der Waals surface area contributed by atoms with E-state index in [0.717, 1.165) is 25.0 Å². The zero-order chi connectivity index (χ0) is 21.3. The zero-order valence-corrected chi connectivity index (χ0v) is 16.7. The normalized spacial score (nSPS) is 14.2. The van der Waals surface area contributed by atoms with Crippen LogP contribution in [0, 0.1) is 11.7 Å². The molecule has 2 heterocycles. The number of nitrogens with zero attached hydrogens (tertiary/aromatic N) is 4. The molecule has 2 amide bonds. The van der Waals surface area contributed by atoms with Crippen LogP contribution in [0.5, 0.6) is 0 Å². The average Bonchev–Trinajstić information content (AvgIpc) is 3.44. The summed E-state index contributed by atoms with van der Waals surface area (Å²) >= 11 is 5.82. The molecule has 10 heteroatoms. The Morgan fingerprint density at radius 3 is 2.70 bits per heavy atom. The minimum atomic E-state index is -0.596. The predicted molar refractivity (Wildman–Crippen MR) is 108 cm³/mol. The van der Waals surface area contributed by atoms with Crippen molar-refractivity contribution in [2.45, 2.75) is 25.8 Å². The number of carbonyl (C=O) groups is 2. The number of hydrogen-bond donors (Lipinski definition) is 2. The van der Waals surface area contributed by atoms with E-state index in [4.69, 9.17) is 11.6 Å². The number of halogens is 2. The highest BCUT2D eigenvalue weighted by molar-refractivity contribution is 6.31. The minimum Gasteiger partial charge on any atom is -0.342 e. The van der Waals surface area contributed by atoms with E-state index in [1.165, 1.54) is 17.1 Å². The molecule has 1 atom stereocenters. The molecule has 30 heavy (non-hydrogen) atoms. The fourth-order valence-electron chi connectivity index (χ4n) is 2.93. The molecular weight excluding hydrogens is 411 g/mol. The van der Waals surface area contributed by atoms with Gasteiger partial charge in [-0.05, 0) is 50.1 Å². The Morgan fingerprint density at radius 2 is 2.03 bits per heavy atom. The zero-order valence-electron chi connectivity index (χ0n) is 16.0. The average molecular weight is 429 g/mol. The highest BCUT2D eigenvalue weighted by Gasteiger charge is 2.29. The van der Waals surface area contributed by atoms with Gasteiger partial charge in [-0.25, -0.2) is 14.4 Å². The molecule has 0 aliphatic heterocycles. The molecule has 1 saturated carbocycles. The van der Waals surface area contributed by atoms with Gasteiger partial charge in [0, 0.05) is 16.5 Å². The maximum atomic E-state index is 13.5. The molecule has 1 fully saturated rings. The third kappa shape index (κ3) is 4.46. The van der Waals surface area contributed by atoms with Gasteiger partial charge in [0.1, 0.15) is 12.1 Å². The number of hydrogen-bond acceptors (Lipinski definition) is 5. The SMILES string of the molecule is CC(NC(=O)c1cc(F)cc(Cl)c1)c1ncnn1-c1ccc(NC(=O)C2CC2)cn1. The van der Waals surface area contributed by atoms with Crippen LogP contribution >= 0.6 is 11.6 Å². The molecule has 1 aromatic carbocycles. The summed E-state index contributed by atoms with van der Waals surface area (Å²) in [6.45, 7) is 1.73. The standard InChI is InChI=1S/C20H18ClFN6O2/c1-11(26-20(30)13-6-14(21)8-15(22)7-13)18-24-10-25-28(18)17-5-4-16(9-23-17)27-19(29)12-2-3-12/h4-12H,2-3H2,1H3,(H,26,30)(H,27,29). The van der Waals surface area contributed by atoms with E-state index in [1.807, 2.05) is 0 Å². The van der Waals surface area contributed by atoms with Gasteiger partial charge in [0.15, 0.2) is 11.6 Å². The van der Waals surface area contributed by atoms with Crippen molar-refractivity contribution in [1.82, 2.24) is 25.1 Å². The van der Waals surface area contributed by atoms with E-state index < -0.39 is 17.8 Å². The number of rotatable bonds is 6. The molecule has 1 aliphatic carbocycles. The summed E-state index contributed by atoms with van der Waals surface area (Å²) in [5.74, 6) is -0.0789. The quantitative estimate of drug-likeness (QED) is 0.627. The van der Waals surface area contributed by atoms with Crippen molar-refractivity contribution in [2.75, 3.05) is 5.32 Å². The summed E-state index contributed by atoms with van der Waals surface area (Å²) < 4.78 is 15.0. The fourth-order valence-corrected chi connectivity index (χ4v) is 3.15. The molecule has 0 bridgehead atoms. The monoisotopic (exact) mass is 428 g/mol. The first-order valence-corrected chi connectivity index (χ1v) is 9.72. The Morgan fingerprint density at radius 1 is 1.23 bits per heavy atom. The van der Waals surface area contributed by atoms with Crippen molar-refractivity contribution < 1.29 is 14.0 Å². The summed E-state index contributed by atoms with van der Waals surface area (Å²) in [5, 5.41) is 9.87. The van der Waals surface area contributed by atoms with Gasteiger partial charge in [-0.15, -0.1) is 0 Å². The van der Waals surface area contributed by atoms with E-state index in [9.17, 15) is 14.0 Å². The Labute approximate surface area is 176 Å². The predicted octanol–water partition coefficient (Wildman–Crippen LogP) is 3.29. The largest absolute Gasteiger partial charge is 0.342 e. The van der Waals surface area contributed by atoms with E-state index in [2.05, 4.69) is 25.7 Å². The van der Waals surface area contributed by atoms with Crippen molar-refractivity contribution in [3.63, 3.8) is 0 Å². The van der Waals surface area contributed by atoms with Crippen molar-refractivity contribution in [2.24, 2.45) is 5.92 Å². The van der Waals surface area contributed by atoms with Gasteiger partial charge in [0.2, 0.25) is 5.91 Å². The van der Waals surface area contributed by atoms with Crippen molar-refractivity contribution >= 4 is 29.1 Å². The molecule has 0 spiro atoms. The fraction of sp³-hybridized carbons (Fsp3) is 0.250. The van der Waals surface area contributed by atoms with Crippen molar-refractivity contribution in [1.29, 1.82) is 0 Å². The first-order chi connectivity index (χ1) is 14.4. The number of aromatic nitrogens is 4. The number of anilines is 1. The van der Waals surface area contributed by atoms with Crippen LogP contribution in [0.15, 0.2) is 42.9 Å². The number of pyridine rings is 1. The Hall–Kier alpha value is -3.33. The molecule has 3 aromatic rings. The Bertz CT molecular complexity index is 1080. The second kappa shape index (κ2) is 8.19. The van der Waals surface area contributed by atoms with E-state index in [-0.39, 0.29) is 22.4 Å². The molecule has 1 unspecified atom stereocenters. The smallest absolute Gasteiger partial charge is 0.252 e. The van der Waals surface area contributed by atoms with Gasteiger partial charge in [0.25, 0.3) is 5.91 Å². The van der Waals surface area contributed by atoms with Crippen LogP contribution in [0.2, 0.25) is 5.02 Å². The number of benzene rings is 1. The van der Waals surface area contributed by atoms with Gasteiger partial charge in [0.05, 0.1) is 17.9 Å². The summed E-state index contributed by atoms with van der Waals surface area (Å²) in [4.78, 5) is 32.8. The van der Waals surface area contributed by atoms with Crippen molar-refractivity contribution in [3.05, 3.63) is 65.1 Å². The Balaban J connectivity index is 1.48. The van der Waals surface area contributed by atoms with Gasteiger partial charge < -0.3 is 10.6 Å². The number of carbonyl (C=O) groups excluding carboxylic acids is 2. The van der Waals surface area contributed by atoms with Gasteiger partial charge >= 0.3 is 0 Å². The van der Waals surface area contributed by atoms with Crippen LogP contribution in [-0.2, 0) is 4.79 Å². The molecule has 154 valence electrons. The van der Waals surface area contributed by atoms with Crippen LogP contribution < -0.4 is 10.6 Å². The molecule has 1 aliphatic rings. The van der Waals surface area contributed by atoms with Crippen LogP contribution in [0.25, 0.3) is 5.82 Å². The van der Waals surface area contributed by atoms with E-state index >= 15 is 0 Å². The second-order valence-corrected chi connectivity index (χ2v) is 7.49. The van der Waals surface area contributed by atoms with Gasteiger partial charge in [-0.3, -0.25) is 9.59 Å². The summed E-state index contributed by atoms with van der Waals surface area (Å²) in [7, 11) is 0. The lowest BCUT2D eigenvalue weighted by Crippen LogP contribution is -2.29. The lowest BCUT2D eigenvalue weighted by atomic mass is 10.2. The molecule has 8 nitrogen and oxygen atoms in total. The van der Waals surface area contributed by atoms with Crippen LogP contribution in [-0.4, -0.2) is 31.6 Å². The molecule has 2 N–H and O–H groups in total. The lowest BCUT2D eigenvalue weighted by molar-refractivity contribution is -0.117. The van der Waals surface area contributed by atoms with Gasteiger partial charge in [-0.2, -0.15) is 9.78 Å². The highest BCUT2D eigenvalue weighted by atomic mass is 35.5. The van der Waals surface area contributed by atoms with E-state index in [1.54, 1.807) is 25.3 Å². The molecule has 4 rings (SSSR count). The molecule has 2 aromatic heterocycles. The summed E-state index contributed by atoms with van der Waals surface area (Å²) in [6, 6.07) is 6.50. The van der Waals surface area contributed by atoms with Crippen LogP contribution in [0.3, 0.4) is 0 Å². The lowest BCUT2D eigenvalue weighted by Gasteiger charge is -2.15. The van der Waals surface area contributed by atoms with E-state index in [0.29, 0.717) is 17.3 Å². The summed E-state index contributed by atoms with van der Waals surface area (Å²) in [6.07, 6.45) is 4.73. The van der Waals surface area contributed by atoms with Gasteiger partial charge in [-0.1, -0.05) is 11.6 Å². The second-order valence-electron chi connectivity index (χ2n) is 7.05. The minimum absolute atomic E-state index is 0.000202. The van der Waals surface area contributed by atoms with Crippen LogP contribution in [0.4, 0.5) is 10.1 Å². The third-order valence-electron chi connectivity index (χ3n) is 4.61. The first-order valence-electron chi connectivity index (χ1n) is 9.35. The molecular formula is C20H18ClFN6O2. The maximum absolute atomic E-state index is 13.5. The number of amides is 2. The number of nitrogens with one attached hydrogen (secondary N) is 2. The van der Waals surface area contributed by atoms with Crippen molar-refractivity contribution in [3.8, 4) is 5.82 Å². The first kappa shape index (κ1) is 20.0. The highest BCUT2D eigenvalue weighted by Crippen LogP contribution is 2.30. The van der Waals surface area contributed by atoms with Crippen LogP contribution in [0.1, 0.15) is 42.0 Å². The Kier molecular flexibility index (Phi) is 5.45. The molecule has 0 radical (unpaired) electrons. The topological polar surface area (TPSA) is 102 Å². The third-order valence-corrected chi connectivity index (χ3v) is 4.83. The summed E-state index contributed by atoms with van der Waals surface area (Å²) in [5.41, 5.74) is 0.702. The maximum Gasteiger partial charge on any atom is 0.252 e.